The topological polar surface area (TPSA) is 56.8 Å². The summed E-state index contributed by atoms with van der Waals surface area (Å²) >= 11 is 1.15. The number of nitriles is 2. The molecule has 0 saturated heterocycles. The molecular formula is C12H12N2OS. The quantitative estimate of drug-likeness (QED) is 0.751. The predicted molar refractivity (Wildman–Crippen MR) is 62.8 cm³/mol. The molecule has 16 heavy (non-hydrogen) atoms. The molecule has 0 aromatic heterocycles. The molecule has 0 N–H and O–H groups in total. The maximum Gasteiger partial charge on any atom is 0.0995 e. The van der Waals surface area contributed by atoms with Crippen LogP contribution in [0.15, 0.2) is 17.0 Å². The fourth-order valence-electron chi connectivity index (χ4n) is 1.58. The molecule has 0 radical (unpaired) electrons. The molecule has 3 nitrogen and oxygen atoms in total. The minimum Gasteiger partial charge on any atom is -0.314 e. The van der Waals surface area contributed by atoms with Crippen LogP contribution in [0.5, 0.6) is 0 Å². The van der Waals surface area contributed by atoms with Crippen molar-refractivity contribution < 1.29 is 4.18 Å². The van der Waals surface area contributed by atoms with E-state index in [-0.39, 0.29) is 5.92 Å². The third-order valence-electron chi connectivity index (χ3n) is 2.15. The molecule has 4 heteroatoms. The lowest BCUT2D eigenvalue weighted by Crippen LogP contribution is -1.98. The number of benzene rings is 1. The van der Waals surface area contributed by atoms with Gasteiger partial charge in [0, 0.05) is 16.9 Å². The maximum absolute atomic E-state index is 9.07. The molecule has 1 aromatic carbocycles. The molecule has 0 aliphatic carbocycles. The van der Waals surface area contributed by atoms with Crippen molar-refractivity contribution in [3.05, 3.63) is 28.8 Å². The van der Waals surface area contributed by atoms with Gasteiger partial charge in [-0.1, -0.05) is 13.8 Å². The summed E-state index contributed by atoms with van der Waals surface area (Å²) in [7, 11) is 1.55. The van der Waals surface area contributed by atoms with Crippen LogP contribution >= 0.6 is 12.0 Å². The van der Waals surface area contributed by atoms with E-state index in [2.05, 4.69) is 12.1 Å². The molecule has 0 spiro atoms. The van der Waals surface area contributed by atoms with Gasteiger partial charge in [0.15, 0.2) is 0 Å². The maximum atomic E-state index is 9.07. The van der Waals surface area contributed by atoms with E-state index in [1.165, 1.54) is 0 Å². The molecule has 0 aliphatic rings. The lowest BCUT2D eigenvalue weighted by molar-refractivity contribution is 0.490. The fourth-order valence-corrected chi connectivity index (χ4v) is 2.10. The fraction of sp³-hybridized carbons (Fsp3) is 0.333. The van der Waals surface area contributed by atoms with Gasteiger partial charge in [0.25, 0.3) is 0 Å². The Morgan fingerprint density at radius 3 is 2.00 bits per heavy atom. The van der Waals surface area contributed by atoms with Gasteiger partial charge in [0.2, 0.25) is 0 Å². The zero-order valence-corrected chi connectivity index (χ0v) is 10.3. The highest BCUT2D eigenvalue weighted by molar-refractivity contribution is 7.94. The van der Waals surface area contributed by atoms with E-state index in [9.17, 15) is 0 Å². The molecule has 1 aromatic rings. The minimum absolute atomic E-state index is 0.158. The van der Waals surface area contributed by atoms with Crippen LogP contribution < -0.4 is 0 Å². The standard InChI is InChI=1S/C12H12N2OS/c1-8(2)12-9(6-13)4-11(16-15-3)5-10(12)7-14/h4-5,8H,1-3H3. The van der Waals surface area contributed by atoms with Crippen molar-refractivity contribution in [1.82, 2.24) is 0 Å². The van der Waals surface area contributed by atoms with E-state index in [0.29, 0.717) is 11.1 Å². The van der Waals surface area contributed by atoms with Gasteiger partial charge in [0.05, 0.1) is 30.4 Å². The first-order valence-electron chi connectivity index (χ1n) is 4.82. The monoisotopic (exact) mass is 232 g/mol. The summed E-state index contributed by atoms with van der Waals surface area (Å²) in [6.45, 7) is 3.94. The van der Waals surface area contributed by atoms with E-state index in [1.54, 1.807) is 19.2 Å². The number of hydrogen-bond donors (Lipinski definition) is 0. The van der Waals surface area contributed by atoms with Crippen molar-refractivity contribution in [3.8, 4) is 12.1 Å². The van der Waals surface area contributed by atoms with Gasteiger partial charge in [0.1, 0.15) is 0 Å². The van der Waals surface area contributed by atoms with E-state index >= 15 is 0 Å². The first-order chi connectivity index (χ1) is 7.63. The molecular weight excluding hydrogens is 220 g/mol. The van der Waals surface area contributed by atoms with E-state index in [0.717, 1.165) is 22.5 Å². The van der Waals surface area contributed by atoms with Crippen LogP contribution in [0.3, 0.4) is 0 Å². The van der Waals surface area contributed by atoms with Crippen LogP contribution in [-0.4, -0.2) is 7.11 Å². The van der Waals surface area contributed by atoms with Gasteiger partial charge >= 0.3 is 0 Å². The lowest BCUT2D eigenvalue weighted by atomic mass is 9.93. The summed E-state index contributed by atoms with van der Waals surface area (Å²) in [6, 6.07) is 7.77. The van der Waals surface area contributed by atoms with Crippen LogP contribution in [0.25, 0.3) is 0 Å². The third kappa shape index (κ3) is 2.55. The highest BCUT2D eigenvalue weighted by Crippen LogP contribution is 2.29. The van der Waals surface area contributed by atoms with Gasteiger partial charge < -0.3 is 4.18 Å². The Kier molecular flexibility index (Phi) is 4.37. The van der Waals surface area contributed by atoms with Crippen LogP contribution in [0.1, 0.15) is 36.5 Å². The van der Waals surface area contributed by atoms with Gasteiger partial charge in [-0.15, -0.1) is 0 Å². The Balaban J connectivity index is 3.40. The average molecular weight is 232 g/mol. The second-order valence-electron chi connectivity index (χ2n) is 3.56. The summed E-state index contributed by atoms with van der Waals surface area (Å²) in [5.41, 5.74) is 1.91. The largest absolute Gasteiger partial charge is 0.314 e. The van der Waals surface area contributed by atoms with Crippen LogP contribution in [0.2, 0.25) is 0 Å². The molecule has 0 aliphatic heterocycles. The number of nitrogens with zero attached hydrogens (tertiary/aromatic N) is 2. The van der Waals surface area contributed by atoms with Gasteiger partial charge in [-0.3, -0.25) is 0 Å². The molecule has 0 unspecified atom stereocenters. The van der Waals surface area contributed by atoms with Crippen molar-refractivity contribution >= 4 is 12.0 Å². The zero-order valence-electron chi connectivity index (χ0n) is 9.44. The molecule has 0 bridgehead atoms. The SMILES string of the molecule is COSc1cc(C#N)c(C(C)C)c(C#N)c1. The molecule has 1 rings (SSSR count). The second kappa shape index (κ2) is 5.55. The zero-order chi connectivity index (χ0) is 12.1. The highest BCUT2D eigenvalue weighted by atomic mass is 32.2. The first kappa shape index (κ1) is 12.6. The van der Waals surface area contributed by atoms with Gasteiger partial charge in [-0.25, -0.2) is 0 Å². The molecule has 82 valence electrons. The third-order valence-corrected chi connectivity index (χ3v) is 2.75. The number of hydrogen-bond acceptors (Lipinski definition) is 4. The van der Waals surface area contributed by atoms with Gasteiger partial charge in [-0.2, -0.15) is 10.5 Å². The number of rotatable bonds is 3. The molecule has 0 saturated carbocycles. The van der Waals surface area contributed by atoms with Crippen LogP contribution in [-0.2, 0) is 4.18 Å². The van der Waals surface area contributed by atoms with E-state index in [1.807, 2.05) is 13.8 Å². The van der Waals surface area contributed by atoms with Crippen LogP contribution in [0.4, 0.5) is 0 Å². The molecule has 0 atom stereocenters. The summed E-state index contributed by atoms with van der Waals surface area (Å²) in [6.07, 6.45) is 0. The second-order valence-corrected chi connectivity index (χ2v) is 4.53. The van der Waals surface area contributed by atoms with E-state index in [4.69, 9.17) is 14.7 Å². The smallest absolute Gasteiger partial charge is 0.0995 e. The summed E-state index contributed by atoms with van der Waals surface area (Å²) in [5, 5.41) is 18.1. The molecule has 0 heterocycles. The highest BCUT2D eigenvalue weighted by Gasteiger charge is 2.14. The Labute approximate surface area is 99.9 Å². The van der Waals surface area contributed by atoms with Crippen molar-refractivity contribution in [1.29, 1.82) is 10.5 Å². The summed E-state index contributed by atoms with van der Waals surface area (Å²) < 4.78 is 4.93. The van der Waals surface area contributed by atoms with Gasteiger partial charge in [-0.05, 0) is 23.6 Å². The Hall–Kier alpha value is -1.49. The Morgan fingerprint density at radius 2 is 1.69 bits per heavy atom. The normalized spacial score (nSPS) is 9.88. The van der Waals surface area contributed by atoms with Crippen LogP contribution in [0, 0.1) is 22.7 Å². The first-order valence-corrected chi connectivity index (χ1v) is 5.57. The van der Waals surface area contributed by atoms with Crippen molar-refractivity contribution in [2.75, 3.05) is 7.11 Å². The summed E-state index contributed by atoms with van der Waals surface area (Å²) in [5.74, 6) is 0.158. The van der Waals surface area contributed by atoms with E-state index < -0.39 is 0 Å². The Bertz CT molecular complexity index is 434. The molecule has 0 amide bonds. The lowest BCUT2D eigenvalue weighted by Gasteiger charge is -2.11. The van der Waals surface area contributed by atoms with Crippen molar-refractivity contribution in [2.45, 2.75) is 24.7 Å². The Morgan fingerprint density at radius 1 is 1.19 bits per heavy atom. The van der Waals surface area contributed by atoms with Crippen molar-refractivity contribution in [3.63, 3.8) is 0 Å². The minimum atomic E-state index is 0.158. The average Bonchev–Trinajstić information content (AvgIpc) is 2.27. The molecule has 0 fully saturated rings. The van der Waals surface area contributed by atoms with Crippen molar-refractivity contribution in [2.24, 2.45) is 0 Å². The predicted octanol–water partition coefficient (Wildman–Crippen LogP) is 3.21. The summed E-state index contributed by atoms with van der Waals surface area (Å²) in [4.78, 5) is 0.778.